The van der Waals surface area contributed by atoms with Crippen molar-refractivity contribution in [2.75, 3.05) is 11.9 Å². The lowest BCUT2D eigenvalue weighted by Crippen LogP contribution is -1.96. The molecule has 2 aromatic heterocycles. The fourth-order valence-corrected chi connectivity index (χ4v) is 2.75. The number of aromatic nitrogens is 3. The van der Waals surface area contributed by atoms with Crippen molar-refractivity contribution in [2.24, 2.45) is 0 Å². The molecule has 0 unspecified atom stereocenters. The summed E-state index contributed by atoms with van der Waals surface area (Å²) < 4.78 is 6.02. The van der Waals surface area contributed by atoms with Crippen molar-refractivity contribution in [3.05, 3.63) is 30.2 Å². The molecule has 2 rings (SSSR count). The topological polar surface area (TPSA) is 63.8 Å². The first kappa shape index (κ1) is 12.1. The Labute approximate surface area is 107 Å². The van der Waals surface area contributed by atoms with Gasteiger partial charge in [-0.2, -0.15) is 0 Å². The summed E-state index contributed by atoms with van der Waals surface area (Å²) in [6.45, 7) is 6.23. The Hall–Kier alpha value is -1.34. The summed E-state index contributed by atoms with van der Waals surface area (Å²) in [7, 11) is 0. The van der Waals surface area contributed by atoms with Crippen LogP contribution in [0.1, 0.15) is 11.5 Å². The molecule has 0 spiro atoms. The van der Waals surface area contributed by atoms with Crippen LogP contribution in [0.5, 0.6) is 0 Å². The third-order valence-corrected chi connectivity index (χ3v) is 3.86. The van der Waals surface area contributed by atoms with Gasteiger partial charge in [0.05, 0.1) is 11.4 Å². The molecule has 0 aliphatic carbocycles. The highest BCUT2D eigenvalue weighted by Crippen LogP contribution is 2.28. The molecule has 1 N–H and O–H groups in total. The Balaban J connectivity index is 1.86. The van der Waals surface area contributed by atoms with Crippen LogP contribution in [0.3, 0.4) is 0 Å². The molecule has 5 nitrogen and oxygen atoms in total. The Morgan fingerprint density at radius 1 is 1.59 bits per heavy atom. The van der Waals surface area contributed by atoms with Crippen molar-refractivity contribution in [2.45, 2.75) is 17.0 Å². The van der Waals surface area contributed by atoms with Gasteiger partial charge in [0.2, 0.25) is 5.13 Å². The molecule has 17 heavy (non-hydrogen) atoms. The van der Waals surface area contributed by atoms with Crippen LogP contribution in [0.25, 0.3) is 0 Å². The van der Waals surface area contributed by atoms with Gasteiger partial charge in [0, 0.05) is 12.6 Å². The highest BCUT2D eigenvalue weighted by Gasteiger charge is 2.06. The number of hydrogen-bond donors (Lipinski definition) is 1. The van der Waals surface area contributed by atoms with Gasteiger partial charge in [0.1, 0.15) is 5.76 Å². The van der Waals surface area contributed by atoms with Crippen LogP contribution in [0.2, 0.25) is 0 Å². The quantitative estimate of drug-likeness (QED) is 0.642. The molecule has 0 aromatic carbocycles. The van der Waals surface area contributed by atoms with E-state index < -0.39 is 0 Å². The summed E-state index contributed by atoms with van der Waals surface area (Å²) in [6, 6.07) is 1.92. The maximum atomic E-state index is 5.11. The van der Waals surface area contributed by atoms with E-state index in [1.54, 1.807) is 17.8 Å². The molecule has 0 bridgehead atoms. The van der Waals surface area contributed by atoms with Gasteiger partial charge in [-0.1, -0.05) is 34.3 Å². The Morgan fingerprint density at radius 3 is 3.18 bits per heavy atom. The van der Waals surface area contributed by atoms with Crippen LogP contribution in [0.4, 0.5) is 5.13 Å². The first-order valence-corrected chi connectivity index (χ1v) is 6.81. The highest BCUT2D eigenvalue weighted by atomic mass is 32.2. The van der Waals surface area contributed by atoms with E-state index in [0.29, 0.717) is 6.54 Å². The van der Waals surface area contributed by atoms with E-state index in [9.17, 15) is 0 Å². The zero-order chi connectivity index (χ0) is 12.1. The molecule has 90 valence electrons. The van der Waals surface area contributed by atoms with Gasteiger partial charge < -0.3 is 9.84 Å². The van der Waals surface area contributed by atoms with Crippen LogP contribution in [0, 0.1) is 6.92 Å². The lowest BCUT2D eigenvalue weighted by molar-refractivity contribution is 0.391. The molecule has 0 aliphatic rings. The van der Waals surface area contributed by atoms with Crippen LogP contribution >= 0.6 is 23.1 Å². The average Bonchev–Trinajstić information content (AvgIpc) is 2.93. The zero-order valence-electron chi connectivity index (χ0n) is 9.34. The third kappa shape index (κ3) is 3.57. The van der Waals surface area contributed by atoms with Crippen molar-refractivity contribution >= 4 is 28.2 Å². The Bertz CT molecular complexity index is 494. The second-order valence-corrected chi connectivity index (χ2v) is 5.47. The summed E-state index contributed by atoms with van der Waals surface area (Å²) in [4.78, 5) is 0. The van der Waals surface area contributed by atoms with Gasteiger partial charge in [-0.05, 0) is 6.92 Å². The molecule has 0 amide bonds. The molecule has 2 aromatic rings. The average molecular weight is 268 g/mol. The van der Waals surface area contributed by atoms with Gasteiger partial charge in [-0.3, -0.25) is 0 Å². The van der Waals surface area contributed by atoms with E-state index in [-0.39, 0.29) is 0 Å². The van der Waals surface area contributed by atoms with Crippen molar-refractivity contribution < 1.29 is 4.52 Å². The van der Waals surface area contributed by atoms with Crippen LogP contribution in [-0.4, -0.2) is 21.9 Å². The molecular formula is C10H12N4OS2. The molecule has 0 saturated carbocycles. The largest absolute Gasteiger partial charge is 0.360 e. The summed E-state index contributed by atoms with van der Waals surface area (Å²) in [5.74, 6) is 1.57. The maximum Gasteiger partial charge on any atom is 0.206 e. The summed E-state index contributed by atoms with van der Waals surface area (Å²) in [5.41, 5.74) is 0.895. The fraction of sp³-hybridized carbons (Fsp3) is 0.300. The second-order valence-electron chi connectivity index (χ2n) is 3.27. The van der Waals surface area contributed by atoms with E-state index in [1.807, 2.05) is 13.0 Å². The Morgan fingerprint density at radius 2 is 2.47 bits per heavy atom. The van der Waals surface area contributed by atoms with Crippen molar-refractivity contribution in [1.82, 2.24) is 15.4 Å². The van der Waals surface area contributed by atoms with Gasteiger partial charge in [-0.25, -0.2) is 0 Å². The first-order valence-electron chi connectivity index (χ1n) is 5.01. The fourth-order valence-electron chi connectivity index (χ4n) is 1.12. The maximum absolute atomic E-state index is 5.11. The summed E-state index contributed by atoms with van der Waals surface area (Å²) >= 11 is 3.11. The lowest BCUT2D eigenvalue weighted by atomic mass is 10.4. The van der Waals surface area contributed by atoms with Gasteiger partial charge in [-0.15, -0.1) is 16.8 Å². The number of anilines is 1. The van der Waals surface area contributed by atoms with Crippen LogP contribution in [0.15, 0.2) is 27.6 Å². The van der Waals surface area contributed by atoms with Crippen molar-refractivity contribution in [3.8, 4) is 0 Å². The number of hydrogen-bond acceptors (Lipinski definition) is 7. The standard InChI is InChI=1S/C10H12N4OS2/c1-3-4-11-9-12-13-10(17-9)16-6-8-5-7(2)14-15-8/h3,5H,1,4,6H2,2H3,(H,11,12). The van der Waals surface area contributed by atoms with E-state index in [0.717, 1.165) is 26.7 Å². The second kappa shape index (κ2) is 5.83. The predicted octanol–water partition coefficient (Wildman–Crippen LogP) is 2.72. The lowest BCUT2D eigenvalue weighted by Gasteiger charge is -1.93. The van der Waals surface area contributed by atoms with E-state index in [1.165, 1.54) is 11.3 Å². The number of aryl methyl sites for hydroxylation is 1. The summed E-state index contributed by atoms with van der Waals surface area (Å²) in [5, 5.41) is 15.8. The van der Waals surface area contributed by atoms with Crippen LogP contribution < -0.4 is 5.32 Å². The number of nitrogens with one attached hydrogen (secondary N) is 1. The first-order chi connectivity index (χ1) is 8.28. The molecule has 7 heteroatoms. The molecule has 2 heterocycles. The predicted molar refractivity (Wildman–Crippen MR) is 69.4 cm³/mol. The Kier molecular flexibility index (Phi) is 4.16. The molecule has 0 saturated heterocycles. The van der Waals surface area contributed by atoms with Crippen molar-refractivity contribution in [1.29, 1.82) is 0 Å². The van der Waals surface area contributed by atoms with Gasteiger partial charge in [0.15, 0.2) is 4.34 Å². The summed E-state index contributed by atoms with van der Waals surface area (Å²) in [6.07, 6.45) is 1.78. The van der Waals surface area contributed by atoms with Crippen LogP contribution in [-0.2, 0) is 5.75 Å². The highest BCUT2D eigenvalue weighted by molar-refractivity contribution is 8.00. The van der Waals surface area contributed by atoms with E-state index in [2.05, 4.69) is 27.2 Å². The molecule has 0 radical (unpaired) electrons. The smallest absolute Gasteiger partial charge is 0.206 e. The molecule has 0 aliphatic heterocycles. The van der Waals surface area contributed by atoms with Gasteiger partial charge in [0.25, 0.3) is 0 Å². The van der Waals surface area contributed by atoms with Gasteiger partial charge >= 0.3 is 0 Å². The number of thioether (sulfide) groups is 1. The molecule has 0 atom stereocenters. The normalized spacial score (nSPS) is 10.4. The third-order valence-electron chi connectivity index (χ3n) is 1.82. The zero-order valence-corrected chi connectivity index (χ0v) is 11.0. The monoisotopic (exact) mass is 268 g/mol. The van der Waals surface area contributed by atoms with Crippen molar-refractivity contribution in [3.63, 3.8) is 0 Å². The van der Waals surface area contributed by atoms with E-state index in [4.69, 9.17) is 4.52 Å². The minimum absolute atomic E-state index is 0.695. The molecule has 0 fully saturated rings. The SMILES string of the molecule is C=CCNc1nnc(SCc2cc(C)no2)s1. The minimum Gasteiger partial charge on any atom is -0.360 e. The van der Waals surface area contributed by atoms with E-state index >= 15 is 0 Å². The minimum atomic E-state index is 0.695. The number of nitrogens with zero attached hydrogens (tertiary/aromatic N) is 3. The molecular weight excluding hydrogens is 256 g/mol. The number of rotatable bonds is 6.